The van der Waals surface area contributed by atoms with Crippen LogP contribution in [-0.2, 0) is 25.0 Å². The maximum Gasteiger partial charge on any atom is 0.244 e. The minimum atomic E-state index is -3.77. The molecule has 1 heterocycles. The third-order valence-electron chi connectivity index (χ3n) is 5.69. The number of ether oxygens (including phenoxy) is 1. The van der Waals surface area contributed by atoms with Crippen molar-refractivity contribution in [1.29, 1.82) is 0 Å². The summed E-state index contributed by atoms with van der Waals surface area (Å²) in [5, 5.41) is 3.62. The second-order valence-corrected chi connectivity index (χ2v) is 10.1. The first kappa shape index (κ1) is 24.0. The number of nitrogens with zero attached hydrogens (tertiary/aromatic N) is 1. The Morgan fingerprint density at radius 1 is 1.06 bits per heavy atom. The first-order valence-electron chi connectivity index (χ1n) is 10.2. The predicted octanol–water partition coefficient (Wildman–Crippen LogP) is 4.71. The highest BCUT2D eigenvalue weighted by atomic mass is 35.5. The Labute approximate surface area is 193 Å². The van der Waals surface area contributed by atoms with E-state index in [4.69, 9.17) is 27.9 Å². The number of halogens is 2. The first-order chi connectivity index (χ1) is 14.7. The van der Waals surface area contributed by atoms with Gasteiger partial charge in [0.05, 0.1) is 10.4 Å². The van der Waals surface area contributed by atoms with E-state index in [1.165, 1.54) is 16.4 Å². The van der Waals surface area contributed by atoms with Gasteiger partial charge in [0.15, 0.2) is 0 Å². The molecule has 2 aromatic carbocycles. The number of carbonyl (C=O) groups excluding carboxylic acids is 1. The van der Waals surface area contributed by atoms with Crippen molar-refractivity contribution in [3.8, 4) is 0 Å². The molecule has 6 nitrogen and oxygen atoms in total. The van der Waals surface area contributed by atoms with Gasteiger partial charge in [-0.3, -0.25) is 4.79 Å². The van der Waals surface area contributed by atoms with Gasteiger partial charge >= 0.3 is 0 Å². The molecule has 9 heteroatoms. The van der Waals surface area contributed by atoms with Crippen LogP contribution >= 0.6 is 23.2 Å². The highest BCUT2D eigenvalue weighted by Gasteiger charge is 2.42. The molecule has 0 bridgehead atoms. The van der Waals surface area contributed by atoms with E-state index in [1.807, 2.05) is 12.1 Å². The third-order valence-corrected chi connectivity index (χ3v) is 8.47. The Morgan fingerprint density at radius 3 is 2.26 bits per heavy atom. The Kier molecular flexibility index (Phi) is 7.65. The molecule has 0 radical (unpaired) electrons. The van der Waals surface area contributed by atoms with Crippen molar-refractivity contribution in [2.45, 2.75) is 37.0 Å². The minimum absolute atomic E-state index is 0.0248. The van der Waals surface area contributed by atoms with Crippen LogP contribution in [0.1, 0.15) is 32.3 Å². The largest absolute Gasteiger partial charge is 0.381 e. The number of rotatable bonds is 7. The molecule has 0 spiro atoms. The number of hydrogen-bond acceptors (Lipinski definition) is 4. The van der Waals surface area contributed by atoms with Crippen LogP contribution in [0.2, 0.25) is 10.0 Å². The Bertz CT molecular complexity index is 1030. The monoisotopic (exact) mass is 484 g/mol. The maximum atomic E-state index is 13.5. The summed E-state index contributed by atoms with van der Waals surface area (Å²) in [5.41, 5.74) is 0.433. The SMILES string of the molecule is CCN(CC)S(=O)(=O)c1cc(NC(=O)C2(c3ccc(Cl)cc3)CCOCC2)ccc1Cl. The average Bonchev–Trinajstić information content (AvgIpc) is 2.76. The standard InChI is InChI=1S/C22H26Cl2N2O4S/c1-3-26(4-2)31(28,29)20-15-18(9-10-19(20)24)25-21(27)22(11-13-30-14-12-22)16-5-7-17(23)8-6-16/h5-10,15H,3-4,11-14H2,1-2H3,(H,25,27). The topological polar surface area (TPSA) is 75.7 Å². The molecule has 2 aromatic rings. The number of amides is 1. The van der Waals surface area contributed by atoms with Gasteiger partial charge in [-0.05, 0) is 48.7 Å². The molecule has 1 fully saturated rings. The molecule has 0 saturated carbocycles. The molecule has 3 rings (SSSR count). The number of anilines is 1. The lowest BCUT2D eigenvalue weighted by atomic mass is 9.73. The van der Waals surface area contributed by atoms with Crippen LogP contribution in [0.15, 0.2) is 47.4 Å². The number of benzene rings is 2. The zero-order valence-corrected chi connectivity index (χ0v) is 19.9. The Hall–Kier alpha value is -1.64. The molecule has 1 aliphatic rings. The van der Waals surface area contributed by atoms with Crippen molar-refractivity contribution in [3.05, 3.63) is 58.1 Å². The first-order valence-corrected chi connectivity index (χ1v) is 12.4. The van der Waals surface area contributed by atoms with Crippen LogP contribution in [0.5, 0.6) is 0 Å². The van der Waals surface area contributed by atoms with Gasteiger partial charge in [0.1, 0.15) is 4.90 Å². The highest BCUT2D eigenvalue weighted by molar-refractivity contribution is 7.89. The number of sulfonamides is 1. The van der Waals surface area contributed by atoms with Gasteiger partial charge in [-0.15, -0.1) is 0 Å². The average molecular weight is 485 g/mol. The summed E-state index contributed by atoms with van der Waals surface area (Å²) in [6.07, 6.45) is 1.03. The van der Waals surface area contributed by atoms with Crippen LogP contribution in [0.4, 0.5) is 5.69 Å². The van der Waals surface area contributed by atoms with Crippen molar-refractivity contribution < 1.29 is 17.9 Å². The summed E-state index contributed by atoms with van der Waals surface area (Å²) >= 11 is 12.2. The quantitative estimate of drug-likeness (QED) is 0.617. The molecule has 1 aliphatic heterocycles. The maximum absolute atomic E-state index is 13.5. The lowest BCUT2D eigenvalue weighted by Gasteiger charge is -2.36. The highest BCUT2D eigenvalue weighted by Crippen LogP contribution is 2.37. The molecule has 0 atom stereocenters. The summed E-state index contributed by atoms with van der Waals surface area (Å²) in [6.45, 7) is 5.09. The van der Waals surface area contributed by atoms with Gasteiger partial charge in [0.25, 0.3) is 0 Å². The van der Waals surface area contributed by atoms with Crippen molar-refractivity contribution >= 4 is 44.8 Å². The van der Waals surface area contributed by atoms with E-state index in [0.29, 0.717) is 49.9 Å². The summed E-state index contributed by atoms with van der Waals surface area (Å²) in [4.78, 5) is 13.4. The second kappa shape index (κ2) is 9.88. The van der Waals surface area contributed by atoms with Crippen LogP contribution in [0.25, 0.3) is 0 Å². The van der Waals surface area contributed by atoms with Gasteiger partial charge in [-0.1, -0.05) is 49.2 Å². The summed E-state index contributed by atoms with van der Waals surface area (Å²) in [5.74, 6) is -0.216. The molecular weight excluding hydrogens is 459 g/mol. The Balaban J connectivity index is 1.95. The molecule has 0 aromatic heterocycles. The summed E-state index contributed by atoms with van der Waals surface area (Å²) in [6, 6.07) is 11.7. The number of carbonyl (C=O) groups is 1. The third kappa shape index (κ3) is 4.91. The number of nitrogens with one attached hydrogen (secondary N) is 1. The molecule has 1 N–H and O–H groups in total. The lowest BCUT2D eigenvalue weighted by Crippen LogP contribution is -2.44. The van der Waals surface area contributed by atoms with Gasteiger partial charge in [0.2, 0.25) is 15.9 Å². The van der Waals surface area contributed by atoms with Crippen molar-refractivity contribution in [1.82, 2.24) is 4.31 Å². The molecule has 0 aliphatic carbocycles. The van der Waals surface area contributed by atoms with Gasteiger partial charge < -0.3 is 10.1 Å². The normalized spacial score (nSPS) is 16.3. The zero-order valence-electron chi connectivity index (χ0n) is 17.5. The molecule has 1 amide bonds. The predicted molar refractivity (Wildman–Crippen MR) is 123 cm³/mol. The molecule has 31 heavy (non-hydrogen) atoms. The smallest absolute Gasteiger partial charge is 0.244 e. The zero-order chi connectivity index (χ0) is 22.6. The second-order valence-electron chi connectivity index (χ2n) is 7.39. The van der Waals surface area contributed by atoms with E-state index in [9.17, 15) is 13.2 Å². The summed E-state index contributed by atoms with van der Waals surface area (Å²) in [7, 11) is -3.77. The van der Waals surface area contributed by atoms with E-state index >= 15 is 0 Å². The molecule has 168 valence electrons. The number of hydrogen-bond donors (Lipinski definition) is 1. The van der Waals surface area contributed by atoms with Gasteiger partial charge in [-0.2, -0.15) is 4.31 Å². The fraction of sp³-hybridized carbons (Fsp3) is 0.409. The van der Waals surface area contributed by atoms with E-state index < -0.39 is 15.4 Å². The van der Waals surface area contributed by atoms with E-state index in [2.05, 4.69) is 5.32 Å². The molecule has 1 saturated heterocycles. The van der Waals surface area contributed by atoms with Gasteiger partial charge in [-0.25, -0.2) is 8.42 Å². The van der Waals surface area contributed by atoms with Crippen LogP contribution in [-0.4, -0.2) is 44.9 Å². The van der Waals surface area contributed by atoms with Crippen LogP contribution < -0.4 is 5.32 Å². The van der Waals surface area contributed by atoms with E-state index in [1.54, 1.807) is 32.0 Å². The summed E-state index contributed by atoms with van der Waals surface area (Å²) < 4.78 is 32.8. The van der Waals surface area contributed by atoms with E-state index in [0.717, 1.165) is 5.56 Å². The van der Waals surface area contributed by atoms with Gasteiger partial charge in [0, 0.05) is 37.0 Å². The fourth-order valence-electron chi connectivity index (χ4n) is 3.87. The minimum Gasteiger partial charge on any atom is -0.381 e. The van der Waals surface area contributed by atoms with Crippen molar-refractivity contribution in [2.24, 2.45) is 0 Å². The van der Waals surface area contributed by atoms with Crippen LogP contribution in [0, 0.1) is 0 Å². The van der Waals surface area contributed by atoms with E-state index in [-0.39, 0.29) is 15.8 Å². The molecular formula is C22H26Cl2N2O4S. The van der Waals surface area contributed by atoms with Crippen molar-refractivity contribution in [3.63, 3.8) is 0 Å². The Morgan fingerprint density at radius 2 is 1.68 bits per heavy atom. The fourth-order valence-corrected chi connectivity index (χ4v) is 5.95. The molecule has 0 unspecified atom stereocenters. The lowest BCUT2D eigenvalue weighted by molar-refractivity contribution is -0.125. The van der Waals surface area contributed by atoms with Crippen LogP contribution in [0.3, 0.4) is 0 Å². The van der Waals surface area contributed by atoms with Crippen molar-refractivity contribution in [2.75, 3.05) is 31.6 Å².